The minimum absolute atomic E-state index is 0.271. The van der Waals surface area contributed by atoms with Gasteiger partial charge in [-0.2, -0.15) is 0 Å². The molecule has 4 nitrogen and oxygen atoms in total. The van der Waals surface area contributed by atoms with E-state index >= 15 is 0 Å². The topological polar surface area (TPSA) is 50.8 Å². The first kappa shape index (κ1) is 18.6. The molecule has 0 spiro atoms. The molecule has 27 heavy (non-hydrogen) atoms. The Morgan fingerprint density at radius 1 is 1.00 bits per heavy atom. The molecule has 138 valence electrons. The van der Waals surface area contributed by atoms with Gasteiger partial charge in [0.25, 0.3) is 0 Å². The summed E-state index contributed by atoms with van der Waals surface area (Å²) < 4.78 is 19.5. The van der Waals surface area contributed by atoms with Crippen LogP contribution in [0, 0.1) is 5.82 Å². The number of imidazole rings is 1. The number of aromatic amines is 1. The van der Waals surface area contributed by atoms with Crippen LogP contribution in [0.25, 0.3) is 33.7 Å². The van der Waals surface area contributed by atoms with Gasteiger partial charge in [0.2, 0.25) is 0 Å². The number of hydrogen-bond acceptors (Lipinski definition) is 3. The Bertz CT molecular complexity index is 1040. The molecule has 0 radical (unpaired) electrons. The van der Waals surface area contributed by atoms with Crippen molar-refractivity contribution in [1.82, 2.24) is 15.0 Å². The number of ether oxygens (including phenoxy) is 1. The lowest BCUT2D eigenvalue weighted by molar-refractivity contribution is 0.340. The van der Waals surface area contributed by atoms with Gasteiger partial charge in [-0.3, -0.25) is 0 Å². The Balaban J connectivity index is 0.00000102. The molecule has 0 fully saturated rings. The Morgan fingerprint density at radius 3 is 2.59 bits per heavy atom. The number of benzene rings is 2. The highest BCUT2D eigenvalue weighted by atomic mass is 19.1. The third kappa shape index (κ3) is 3.97. The van der Waals surface area contributed by atoms with E-state index in [1.165, 1.54) is 6.07 Å². The number of rotatable bonds is 4. The molecule has 0 aliphatic heterocycles. The molecule has 0 bridgehead atoms. The molecule has 1 N–H and O–H groups in total. The van der Waals surface area contributed by atoms with Crippen LogP contribution in [-0.4, -0.2) is 21.6 Å². The zero-order valence-electron chi connectivity index (χ0n) is 15.7. The second-order valence-corrected chi connectivity index (χ2v) is 5.62. The summed E-state index contributed by atoms with van der Waals surface area (Å²) in [4.78, 5) is 12.1. The van der Waals surface area contributed by atoms with Gasteiger partial charge in [-0.25, -0.2) is 14.4 Å². The fraction of sp³-hybridized carbons (Fsp3) is 0.182. The summed E-state index contributed by atoms with van der Waals surface area (Å²) in [6.07, 6.45) is 1.64. The van der Waals surface area contributed by atoms with Crippen LogP contribution in [0.3, 0.4) is 0 Å². The molecule has 2 aromatic carbocycles. The van der Waals surface area contributed by atoms with Crippen molar-refractivity contribution >= 4 is 11.2 Å². The standard InChI is InChI=1S/C20H16FN3O.C2H6/c1-2-25-15-7-5-6-13(10-15)19-23-18-11-14(12-22-20(18)24-19)16-8-3-4-9-17(16)21;1-2/h3-12H,2H2,1H3,(H,22,23,24);1-2H3. The van der Waals surface area contributed by atoms with Gasteiger partial charge >= 0.3 is 0 Å². The van der Waals surface area contributed by atoms with Gasteiger partial charge in [-0.1, -0.05) is 44.2 Å². The zero-order valence-corrected chi connectivity index (χ0v) is 15.7. The summed E-state index contributed by atoms with van der Waals surface area (Å²) in [7, 11) is 0. The number of nitrogens with one attached hydrogen (secondary N) is 1. The minimum Gasteiger partial charge on any atom is -0.494 e. The smallest absolute Gasteiger partial charge is 0.178 e. The molecule has 0 saturated carbocycles. The fourth-order valence-electron chi connectivity index (χ4n) is 2.78. The summed E-state index contributed by atoms with van der Waals surface area (Å²) in [6, 6.07) is 16.2. The molecular weight excluding hydrogens is 341 g/mol. The van der Waals surface area contributed by atoms with E-state index in [9.17, 15) is 4.39 Å². The summed E-state index contributed by atoms with van der Waals surface area (Å²) in [6.45, 7) is 6.55. The highest BCUT2D eigenvalue weighted by Gasteiger charge is 2.10. The van der Waals surface area contributed by atoms with Gasteiger partial charge < -0.3 is 9.72 Å². The van der Waals surface area contributed by atoms with E-state index in [1.54, 1.807) is 24.4 Å². The first-order valence-electron chi connectivity index (χ1n) is 9.08. The average Bonchev–Trinajstić information content (AvgIpc) is 3.14. The third-order valence-corrected chi connectivity index (χ3v) is 3.94. The van der Waals surface area contributed by atoms with Crippen LogP contribution in [-0.2, 0) is 0 Å². The van der Waals surface area contributed by atoms with Crippen molar-refractivity contribution in [2.24, 2.45) is 0 Å². The van der Waals surface area contributed by atoms with E-state index < -0.39 is 0 Å². The maximum absolute atomic E-state index is 14.0. The second kappa shape index (κ2) is 8.45. The lowest BCUT2D eigenvalue weighted by Crippen LogP contribution is -1.91. The number of fused-ring (bicyclic) bond motifs is 1. The molecule has 0 unspecified atom stereocenters. The molecule has 4 rings (SSSR count). The molecule has 0 aliphatic rings. The van der Waals surface area contributed by atoms with Crippen LogP contribution >= 0.6 is 0 Å². The molecule has 0 aliphatic carbocycles. The zero-order chi connectivity index (χ0) is 19.2. The van der Waals surface area contributed by atoms with Gasteiger partial charge in [0.15, 0.2) is 5.65 Å². The molecule has 0 amide bonds. The van der Waals surface area contributed by atoms with Crippen LogP contribution in [0.5, 0.6) is 5.75 Å². The highest BCUT2D eigenvalue weighted by Crippen LogP contribution is 2.27. The van der Waals surface area contributed by atoms with Gasteiger partial charge in [-0.05, 0) is 31.2 Å². The van der Waals surface area contributed by atoms with E-state index in [0.29, 0.717) is 29.2 Å². The third-order valence-electron chi connectivity index (χ3n) is 3.94. The predicted molar refractivity (Wildman–Crippen MR) is 107 cm³/mol. The maximum atomic E-state index is 14.0. The molecule has 0 atom stereocenters. The van der Waals surface area contributed by atoms with E-state index in [0.717, 1.165) is 16.8 Å². The number of hydrogen-bond donors (Lipinski definition) is 1. The summed E-state index contributed by atoms with van der Waals surface area (Å²) in [5, 5.41) is 0. The average molecular weight is 363 g/mol. The van der Waals surface area contributed by atoms with Crippen molar-refractivity contribution in [2.45, 2.75) is 20.8 Å². The Labute approximate surface area is 158 Å². The number of nitrogens with zero attached hydrogens (tertiary/aromatic N) is 2. The highest BCUT2D eigenvalue weighted by molar-refractivity contribution is 5.81. The molecule has 2 heterocycles. The molecule has 5 heteroatoms. The fourth-order valence-corrected chi connectivity index (χ4v) is 2.78. The quantitative estimate of drug-likeness (QED) is 0.494. The van der Waals surface area contributed by atoms with E-state index in [2.05, 4.69) is 15.0 Å². The SMILES string of the molecule is CC.CCOc1cccc(-c2nc3ncc(-c4ccccc4F)cc3[nH]2)c1. The van der Waals surface area contributed by atoms with Gasteiger partial charge in [-0.15, -0.1) is 0 Å². The van der Waals surface area contributed by atoms with Crippen molar-refractivity contribution < 1.29 is 9.13 Å². The van der Waals surface area contributed by atoms with Crippen molar-refractivity contribution in [3.63, 3.8) is 0 Å². The monoisotopic (exact) mass is 363 g/mol. The van der Waals surface area contributed by atoms with Crippen LogP contribution in [0.1, 0.15) is 20.8 Å². The van der Waals surface area contributed by atoms with Crippen LogP contribution in [0.15, 0.2) is 60.8 Å². The minimum atomic E-state index is -0.271. The molecular formula is C22H22FN3O. The van der Waals surface area contributed by atoms with Crippen molar-refractivity contribution in [3.05, 3.63) is 66.6 Å². The van der Waals surface area contributed by atoms with E-state index in [1.807, 2.05) is 51.1 Å². The summed E-state index contributed by atoms with van der Waals surface area (Å²) >= 11 is 0. The summed E-state index contributed by atoms with van der Waals surface area (Å²) in [5.74, 6) is 1.23. The normalized spacial score (nSPS) is 10.4. The van der Waals surface area contributed by atoms with Crippen molar-refractivity contribution in [3.8, 4) is 28.3 Å². The van der Waals surface area contributed by atoms with Gasteiger partial charge in [0.05, 0.1) is 12.1 Å². The predicted octanol–water partition coefficient (Wildman–Crippen LogP) is 5.86. The van der Waals surface area contributed by atoms with Crippen LogP contribution in [0.4, 0.5) is 4.39 Å². The lowest BCUT2D eigenvalue weighted by atomic mass is 10.1. The number of pyridine rings is 1. The number of aromatic nitrogens is 3. The second-order valence-electron chi connectivity index (χ2n) is 5.62. The molecule has 4 aromatic rings. The first-order valence-corrected chi connectivity index (χ1v) is 9.08. The van der Waals surface area contributed by atoms with E-state index in [-0.39, 0.29) is 5.82 Å². The molecule has 0 saturated heterocycles. The number of H-pyrrole nitrogens is 1. The van der Waals surface area contributed by atoms with Crippen LogP contribution in [0.2, 0.25) is 0 Å². The Morgan fingerprint density at radius 2 is 1.81 bits per heavy atom. The summed E-state index contributed by atoms with van der Waals surface area (Å²) in [5.41, 5.74) is 3.50. The lowest BCUT2D eigenvalue weighted by Gasteiger charge is -2.03. The first-order chi connectivity index (χ1) is 13.2. The van der Waals surface area contributed by atoms with Crippen molar-refractivity contribution in [2.75, 3.05) is 6.61 Å². The number of halogens is 1. The van der Waals surface area contributed by atoms with E-state index in [4.69, 9.17) is 4.74 Å². The van der Waals surface area contributed by atoms with Gasteiger partial charge in [0.1, 0.15) is 17.4 Å². The van der Waals surface area contributed by atoms with Crippen LogP contribution < -0.4 is 4.74 Å². The van der Waals surface area contributed by atoms with Gasteiger partial charge in [0, 0.05) is 22.9 Å². The Kier molecular flexibility index (Phi) is 5.81. The molecule has 2 aromatic heterocycles. The van der Waals surface area contributed by atoms with Crippen molar-refractivity contribution in [1.29, 1.82) is 0 Å². The largest absolute Gasteiger partial charge is 0.494 e. The maximum Gasteiger partial charge on any atom is 0.178 e. The Hall–Kier alpha value is -3.21.